The Morgan fingerprint density at radius 3 is 2.50 bits per heavy atom. The normalized spacial score (nSPS) is 10.2. The lowest BCUT2D eigenvalue weighted by atomic mass is 10.2. The second kappa shape index (κ2) is 9.62. The monoisotopic (exact) mass is 344 g/mol. The van der Waals surface area contributed by atoms with E-state index in [1.165, 1.54) is 5.56 Å². The molecule has 0 radical (unpaired) electrons. The number of para-hydroxylation sites is 1. The van der Waals surface area contributed by atoms with Gasteiger partial charge in [0.15, 0.2) is 6.61 Å². The third-order valence-electron chi connectivity index (χ3n) is 3.19. The molecule has 2 rings (SSSR count). The minimum absolute atomic E-state index is 0.145. The van der Waals surface area contributed by atoms with Crippen LogP contribution in [0.25, 0.3) is 0 Å². The Balaban J connectivity index is 1.64. The Hall–Kier alpha value is -2.47. The first-order chi connectivity index (χ1) is 11.7. The van der Waals surface area contributed by atoms with Crippen molar-refractivity contribution in [3.8, 4) is 5.75 Å². The quantitative estimate of drug-likeness (QED) is 0.684. The van der Waals surface area contributed by atoms with E-state index in [-0.39, 0.29) is 18.1 Å². The standard InChI is InChI=1S/C18H20N2O3S/c19-18(22)15-8-4-5-9-16(15)23-12-17(21)20-10-11-24-13-14-6-2-1-3-7-14/h1-9H,10-13H2,(H2,19,22)(H,20,21). The van der Waals surface area contributed by atoms with Crippen LogP contribution in [0.2, 0.25) is 0 Å². The predicted octanol–water partition coefficient (Wildman–Crippen LogP) is 2.21. The fraction of sp³-hybridized carbons (Fsp3) is 0.222. The van der Waals surface area contributed by atoms with Crippen LogP contribution in [0.3, 0.4) is 0 Å². The van der Waals surface area contributed by atoms with Crippen LogP contribution >= 0.6 is 11.8 Å². The van der Waals surface area contributed by atoms with Crippen molar-refractivity contribution in [1.82, 2.24) is 5.32 Å². The van der Waals surface area contributed by atoms with Crippen molar-refractivity contribution in [3.63, 3.8) is 0 Å². The molecule has 24 heavy (non-hydrogen) atoms. The van der Waals surface area contributed by atoms with Gasteiger partial charge in [0.25, 0.3) is 11.8 Å². The fourth-order valence-corrected chi connectivity index (χ4v) is 2.84. The first-order valence-corrected chi connectivity index (χ1v) is 8.72. The van der Waals surface area contributed by atoms with Gasteiger partial charge in [-0.25, -0.2) is 0 Å². The molecule has 6 heteroatoms. The summed E-state index contributed by atoms with van der Waals surface area (Å²) in [6.07, 6.45) is 0. The maximum Gasteiger partial charge on any atom is 0.257 e. The molecular weight excluding hydrogens is 324 g/mol. The zero-order valence-corrected chi connectivity index (χ0v) is 14.1. The van der Waals surface area contributed by atoms with Crippen LogP contribution in [-0.2, 0) is 10.5 Å². The zero-order valence-electron chi connectivity index (χ0n) is 13.2. The highest BCUT2D eigenvalue weighted by molar-refractivity contribution is 7.98. The van der Waals surface area contributed by atoms with Gasteiger partial charge in [0.05, 0.1) is 5.56 Å². The molecule has 0 atom stereocenters. The third-order valence-corrected chi connectivity index (χ3v) is 4.22. The van der Waals surface area contributed by atoms with E-state index in [0.29, 0.717) is 12.3 Å². The van der Waals surface area contributed by atoms with Crippen molar-refractivity contribution in [2.24, 2.45) is 5.73 Å². The van der Waals surface area contributed by atoms with Crippen LogP contribution in [0.4, 0.5) is 0 Å². The van der Waals surface area contributed by atoms with Crippen LogP contribution in [-0.4, -0.2) is 30.7 Å². The largest absolute Gasteiger partial charge is 0.483 e. The van der Waals surface area contributed by atoms with Crippen LogP contribution in [0.5, 0.6) is 5.75 Å². The highest BCUT2D eigenvalue weighted by atomic mass is 32.2. The molecule has 2 aromatic carbocycles. The Labute approximate surface area is 145 Å². The number of nitrogens with one attached hydrogen (secondary N) is 1. The summed E-state index contributed by atoms with van der Waals surface area (Å²) in [7, 11) is 0. The number of nitrogens with two attached hydrogens (primary N) is 1. The highest BCUT2D eigenvalue weighted by Crippen LogP contribution is 2.16. The van der Waals surface area contributed by atoms with Gasteiger partial charge in [0.2, 0.25) is 0 Å². The van der Waals surface area contributed by atoms with Crippen LogP contribution in [0.1, 0.15) is 15.9 Å². The summed E-state index contributed by atoms with van der Waals surface area (Å²) in [4.78, 5) is 23.0. The van der Waals surface area contributed by atoms with Gasteiger partial charge in [-0.05, 0) is 17.7 Å². The lowest BCUT2D eigenvalue weighted by Crippen LogP contribution is -2.31. The van der Waals surface area contributed by atoms with E-state index in [1.807, 2.05) is 18.2 Å². The Bertz CT molecular complexity index is 677. The number of rotatable bonds is 9. The van der Waals surface area contributed by atoms with Crippen LogP contribution in [0.15, 0.2) is 54.6 Å². The average Bonchev–Trinajstić information content (AvgIpc) is 2.60. The van der Waals surface area contributed by atoms with Crippen molar-refractivity contribution in [2.45, 2.75) is 5.75 Å². The second-order valence-electron chi connectivity index (χ2n) is 5.04. The summed E-state index contributed by atoms with van der Waals surface area (Å²) in [5.41, 5.74) is 6.79. The zero-order chi connectivity index (χ0) is 17.2. The summed E-state index contributed by atoms with van der Waals surface area (Å²) in [5.74, 6) is 1.24. The third kappa shape index (κ3) is 5.96. The maximum absolute atomic E-state index is 11.8. The van der Waals surface area contributed by atoms with Gasteiger partial charge in [-0.1, -0.05) is 42.5 Å². The molecule has 0 saturated heterocycles. The molecule has 2 amide bonds. The van der Waals surface area contributed by atoms with Gasteiger partial charge in [-0.2, -0.15) is 11.8 Å². The van der Waals surface area contributed by atoms with E-state index in [1.54, 1.807) is 36.0 Å². The average molecular weight is 344 g/mol. The number of amides is 2. The van der Waals surface area contributed by atoms with Crippen molar-refractivity contribution in [1.29, 1.82) is 0 Å². The number of carbonyl (C=O) groups excluding carboxylic acids is 2. The first-order valence-electron chi connectivity index (χ1n) is 7.57. The molecule has 0 unspecified atom stereocenters. The molecule has 5 nitrogen and oxygen atoms in total. The summed E-state index contributed by atoms with van der Waals surface area (Å²) >= 11 is 1.75. The van der Waals surface area contributed by atoms with Gasteiger partial charge >= 0.3 is 0 Å². The van der Waals surface area contributed by atoms with Crippen molar-refractivity contribution < 1.29 is 14.3 Å². The number of benzene rings is 2. The highest BCUT2D eigenvalue weighted by Gasteiger charge is 2.10. The molecule has 0 aromatic heterocycles. The van der Waals surface area contributed by atoms with Gasteiger partial charge in [0.1, 0.15) is 5.75 Å². The lowest BCUT2D eigenvalue weighted by molar-refractivity contribution is -0.122. The number of ether oxygens (including phenoxy) is 1. The van der Waals surface area contributed by atoms with E-state index in [9.17, 15) is 9.59 Å². The molecule has 0 saturated carbocycles. The number of thioether (sulfide) groups is 1. The predicted molar refractivity (Wildman–Crippen MR) is 96.1 cm³/mol. The minimum Gasteiger partial charge on any atom is -0.483 e. The van der Waals surface area contributed by atoms with E-state index >= 15 is 0 Å². The molecule has 0 heterocycles. The van der Waals surface area contributed by atoms with Gasteiger partial charge < -0.3 is 15.8 Å². The Morgan fingerprint density at radius 1 is 1.04 bits per heavy atom. The molecule has 3 N–H and O–H groups in total. The van der Waals surface area contributed by atoms with Gasteiger partial charge in [0, 0.05) is 18.1 Å². The van der Waals surface area contributed by atoms with Gasteiger partial charge in [-0.15, -0.1) is 0 Å². The SMILES string of the molecule is NC(=O)c1ccccc1OCC(=O)NCCSCc1ccccc1. The molecule has 0 aliphatic carbocycles. The summed E-state index contributed by atoms with van der Waals surface area (Å²) in [5, 5.41) is 2.79. The van der Waals surface area contributed by atoms with Crippen molar-refractivity contribution in [3.05, 3.63) is 65.7 Å². The summed E-state index contributed by atoms with van der Waals surface area (Å²) in [6, 6.07) is 16.8. The number of hydrogen-bond donors (Lipinski definition) is 2. The Morgan fingerprint density at radius 2 is 1.75 bits per heavy atom. The molecule has 0 spiro atoms. The molecule has 0 aliphatic heterocycles. The minimum atomic E-state index is -0.580. The van der Waals surface area contributed by atoms with E-state index in [2.05, 4.69) is 17.4 Å². The fourth-order valence-electron chi connectivity index (χ4n) is 2.02. The number of hydrogen-bond acceptors (Lipinski definition) is 4. The molecule has 0 fully saturated rings. The summed E-state index contributed by atoms with van der Waals surface area (Å²) in [6.45, 7) is 0.421. The molecule has 0 aliphatic rings. The molecule has 126 valence electrons. The summed E-state index contributed by atoms with van der Waals surface area (Å²) < 4.78 is 5.37. The van der Waals surface area contributed by atoms with E-state index < -0.39 is 5.91 Å². The smallest absolute Gasteiger partial charge is 0.257 e. The van der Waals surface area contributed by atoms with Gasteiger partial charge in [-0.3, -0.25) is 9.59 Å². The van der Waals surface area contributed by atoms with E-state index in [0.717, 1.165) is 11.5 Å². The first kappa shape index (κ1) is 17.9. The lowest BCUT2D eigenvalue weighted by Gasteiger charge is -2.09. The Kier molecular flexibility index (Phi) is 7.17. The topological polar surface area (TPSA) is 81.4 Å². The van der Waals surface area contributed by atoms with Crippen LogP contribution < -0.4 is 15.8 Å². The maximum atomic E-state index is 11.8. The van der Waals surface area contributed by atoms with Crippen molar-refractivity contribution in [2.75, 3.05) is 18.9 Å². The van der Waals surface area contributed by atoms with Crippen LogP contribution in [0, 0.1) is 0 Å². The number of carbonyl (C=O) groups is 2. The molecular formula is C18H20N2O3S. The second-order valence-corrected chi connectivity index (χ2v) is 6.14. The molecule has 2 aromatic rings. The number of primary amides is 1. The molecule has 0 bridgehead atoms. The van der Waals surface area contributed by atoms with E-state index in [4.69, 9.17) is 10.5 Å². The van der Waals surface area contributed by atoms with Crippen molar-refractivity contribution >= 4 is 23.6 Å².